The molecule has 1 heterocycles. The van der Waals surface area contributed by atoms with Crippen molar-refractivity contribution >= 4 is 11.8 Å². The van der Waals surface area contributed by atoms with Crippen LogP contribution in [-0.2, 0) is 16.1 Å². The van der Waals surface area contributed by atoms with Gasteiger partial charge in [0.05, 0.1) is 12.2 Å². The van der Waals surface area contributed by atoms with Crippen molar-refractivity contribution in [3.8, 4) is 0 Å². The van der Waals surface area contributed by atoms with E-state index in [1.807, 2.05) is 30.3 Å². The van der Waals surface area contributed by atoms with Crippen molar-refractivity contribution in [2.75, 3.05) is 26.2 Å². The number of rotatable bonds is 5. The van der Waals surface area contributed by atoms with Crippen LogP contribution in [-0.4, -0.2) is 53.9 Å². The van der Waals surface area contributed by atoms with Crippen LogP contribution in [0.15, 0.2) is 54.6 Å². The topological polar surface area (TPSA) is 49.9 Å². The highest BCUT2D eigenvalue weighted by atomic mass is 19.1. The molecule has 1 aliphatic rings. The summed E-state index contributed by atoms with van der Waals surface area (Å²) in [6, 6.07) is 15.7. The minimum Gasteiger partial charge on any atom is -0.364 e. The number of hydrogen-bond acceptors (Lipinski definition) is 3. The molecule has 6 heteroatoms. The Balaban J connectivity index is 1.54. The van der Waals surface area contributed by atoms with Crippen LogP contribution in [0.1, 0.15) is 29.3 Å². The molecule has 0 bridgehead atoms. The zero-order valence-corrected chi connectivity index (χ0v) is 16.0. The first-order chi connectivity index (χ1) is 13.6. The normalized spacial score (nSPS) is 15.8. The van der Waals surface area contributed by atoms with Crippen molar-refractivity contribution in [2.45, 2.75) is 26.1 Å². The lowest BCUT2D eigenvalue weighted by Gasteiger charge is -2.25. The second-order valence-electron chi connectivity index (χ2n) is 6.89. The molecule has 0 radical (unpaired) electrons. The fraction of sp³-hybridized carbons (Fsp3) is 0.364. The third-order valence-electron chi connectivity index (χ3n) is 4.89. The predicted molar refractivity (Wildman–Crippen MR) is 104 cm³/mol. The van der Waals surface area contributed by atoms with Crippen molar-refractivity contribution in [1.29, 1.82) is 0 Å². The van der Waals surface area contributed by atoms with Crippen LogP contribution in [0.2, 0.25) is 0 Å². The quantitative estimate of drug-likeness (QED) is 0.796. The lowest BCUT2D eigenvalue weighted by Crippen LogP contribution is -2.42. The lowest BCUT2D eigenvalue weighted by atomic mass is 10.2. The highest BCUT2D eigenvalue weighted by molar-refractivity contribution is 5.94. The molecule has 0 spiro atoms. The predicted octanol–water partition coefficient (Wildman–Crippen LogP) is 3.11. The van der Waals surface area contributed by atoms with Crippen LogP contribution in [0.5, 0.6) is 0 Å². The molecule has 0 aromatic heterocycles. The van der Waals surface area contributed by atoms with Gasteiger partial charge in [0, 0.05) is 26.2 Å². The molecule has 1 saturated heterocycles. The van der Waals surface area contributed by atoms with Crippen molar-refractivity contribution in [2.24, 2.45) is 0 Å². The molecule has 0 N–H and O–H groups in total. The third-order valence-corrected chi connectivity index (χ3v) is 4.89. The second-order valence-corrected chi connectivity index (χ2v) is 6.89. The Bertz CT molecular complexity index is 812. The first-order valence-corrected chi connectivity index (χ1v) is 9.54. The molecule has 5 nitrogen and oxygen atoms in total. The Labute approximate surface area is 164 Å². The van der Waals surface area contributed by atoms with Gasteiger partial charge in [-0.1, -0.05) is 42.5 Å². The molecule has 28 heavy (non-hydrogen) atoms. The number of benzene rings is 2. The summed E-state index contributed by atoms with van der Waals surface area (Å²) >= 11 is 0. The standard InChI is InChI=1S/C22H25FN2O3/c1-17(28-16-18-8-3-2-4-9-18)21(26)24-12-7-13-25(15-14-24)22(27)19-10-5-6-11-20(19)23/h2-6,8-11,17H,7,12-16H2,1H3. The largest absolute Gasteiger partial charge is 0.364 e. The number of nitrogens with zero attached hydrogens (tertiary/aromatic N) is 2. The Kier molecular flexibility index (Phi) is 6.76. The summed E-state index contributed by atoms with van der Waals surface area (Å²) < 4.78 is 19.6. The fourth-order valence-electron chi connectivity index (χ4n) is 3.27. The van der Waals surface area contributed by atoms with Gasteiger partial charge in [0.25, 0.3) is 11.8 Å². The van der Waals surface area contributed by atoms with E-state index >= 15 is 0 Å². The van der Waals surface area contributed by atoms with Crippen molar-refractivity contribution in [3.05, 3.63) is 71.5 Å². The van der Waals surface area contributed by atoms with Crippen LogP contribution in [0, 0.1) is 5.82 Å². The van der Waals surface area contributed by atoms with Gasteiger partial charge in [-0.25, -0.2) is 4.39 Å². The minimum atomic E-state index is -0.561. The molecular weight excluding hydrogens is 359 g/mol. The Morgan fingerprint density at radius 2 is 1.61 bits per heavy atom. The zero-order chi connectivity index (χ0) is 19.9. The first-order valence-electron chi connectivity index (χ1n) is 9.54. The van der Waals surface area contributed by atoms with Gasteiger partial charge >= 0.3 is 0 Å². The van der Waals surface area contributed by atoms with E-state index in [4.69, 9.17) is 4.74 Å². The van der Waals surface area contributed by atoms with Crippen molar-refractivity contribution in [3.63, 3.8) is 0 Å². The van der Waals surface area contributed by atoms with Gasteiger partial charge < -0.3 is 14.5 Å². The van der Waals surface area contributed by atoms with Gasteiger partial charge in [-0.15, -0.1) is 0 Å². The molecular formula is C22H25FN2O3. The van der Waals surface area contributed by atoms with E-state index in [0.717, 1.165) is 5.56 Å². The molecule has 1 aliphatic heterocycles. The molecule has 1 atom stereocenters. The van der Waals surface area contributed by atoms with Gasteiger partial charge in [-0.3, -0.25) is 9.59 Å². The highest BCUT2D eigenvalue weighted by Gasteiger charge is 2.26. The second kappa shape index (κ2) is 9.46. The van der Waals surface area contributed by atoms with Crippen LogP contribution in [0.25, 0.3) is 0 Å². The summed E-state index contributed by atoms with van der Waals surface area (Å²) in [5.74, 6) is -0.940. The zero-order valence-electron chi connectivity index (χ0n) is 16.0. The monoisotopic (exact) mass is 384 g/mol. The number of halogens is 1. The highest BCUT2D eigenvalue weighted by Crippen LogP contribution is 2.14. The summed E-state index contributed by atoms with van der Waals surface area (Å²) in [5, 5.41) is 0. The summed E-state index contributed by atoms with van der Waals surface area (Å²) in [6.45, 7) is 3.97. The maximum absolute atomic E-state index is 13.9. The number of hydrogen-bond donors (Lipinski definition) is 0. The van der Waals surface area contributed by atoms with E-state index in [1.165, 1.54) is 12.1 Å². The van der Waals surface area contributed by atoms with Gasteiger partial charge in [0.15, 0.2) is 0 Å². The molecule has 1 fully saturated rings. The molecule has 148 valence electrons. The van der Waals surface area contributed by atoms with E-state index in [0.29, 0.717) is 39.2 Å². The maximum Gasteiger partial charge on any atom is 0.256 e. The molecule has 0 aliphatic carbocycles. The Morgan fingerprint density at radius 1 is 0.964 bits per heavy atom. The molecule has 1 unspecified atom stereocenters. The number of ether oxygens (including phenoxy) is 1. The van der Waals surface area contributed by atoms with Crippen LogP contribution in [0.3, 0.4) is 0 Å². The molecule has 3 rings (SSSR count). The molecule has 0 saturated carbocycles. The summed E-state index contributed by atoms with van der Waals surface area (Å²) in [5.41, 5.74) is 1.08. The van der Waals surface area contributed by atoms with E-state index in [1.54, 1.807) is 28.9 Å². The van der Waals surface area contributed by atoms with E-state index in [2.05, 4.69) is 0 Å². The lowest BCUT2D eigenvalue weighted by molar-refractivity contribution is -0.143. The number of amides is 2. The number of carbonyl (C=O) groups is 2. The average Bonchev–Trinajstić information content (AvgIpc) is 2.98. The van der Waals surface area contributed by atoms with E-state index < -0.39 is 11.9 Å². The van der Waals surface area contributed by atoms with Gasteiger partial charge in [-0.2, -0.15) is 0 Å². The van der Waals surface area contributed by atoms with Crippen molar-refractivity contribution < 1.29 is 18.7 Å². The fourth-order valence-corrected chi connectivity index (χ4v) is 3.27. The smallest absolute Gasteiger partial charge is 0.256 e. The SMILES string of the molecule is CC(OCc1ccccc1)C(=O)N1CCCN(C(=O)c2ccccc2F)CC1. The maximum atomic E-state index is 13.9. The first kappa shape index (κ1) is 20.0. The summed E-state index contributed by atoms with van der Waals surface area (Å²) in [4.78, 5) is 28.6. The average molecular weight is 384 g/mol. The van der Waals surface area contributed by atoms with E-state index in [9.17, 15) is 14.0 Å². The third kappa shape index (κ3) is 4.95. The van der Waals surface area contributed by atoms with Crippen molar-refractivity contribution in [1.82, 2.24) is 9.80 Å². The van der Waals surface area contributed by atoms with Gasteiger partial charge in [0.2, 0.25) is 0 Å². The van der Waals surface area contributed by atoms with Crippen LogP contribution < -0.4 is 0 Å². The van der Waals surface area contributed by atoms with Gasteiger partial charge in [0.1, 0.15) is 11.9 Å². The molecule has 2 aromatic carbocycles. The minimum absolute atomic E-state index is 0.0711. The Morgan fingerprint density at radius 3 is 2.36 bits per heavy atom. The Hall–Kier alpha value is -2.73. The van der Waals surface area contributed by atoms with Crippen LogP contribution in [0.4, 0.5) is 4.39 Å². The number of carbonyl (C=O) groups excluding carboxylic acids is 2. The molecule has 2 aromatic rings. The molecule has 2 amide bonds. The summed E-state index contributed by atoms with van der Waals surface area (Å²) in [6.07, 6.45) is 0.0890. The van der Waals surface area contributed by atoms with E-state index in [-0.39, 0.29) is 17.4 Å². The van der Waals surface area contributed by atoms with Crippen LogP contribution >= 0.6 is 0 Å². The van der Waals surface area contributed by atoms with Gasteiger partial charge in [-0.05, 0) is 31.0 Å². The summed E-state index contributed by atoms with van der Waals surface area (Å²) in [7, 11) is 0.